The first-order chi connectivity index (χ1) is 6.25. The lowest BCUT2D eigenvalue weighted by Crippen LogP contribution is -2.05. The summed E-state index contributed by atoms with van der Waals surface area (Å²) in [6.45, 7) is 1.84. The third-order valence-corrected chi connectivity index (χ3v) is 1.63. The molecule has 66 valence electrons. The van der Waals surface area contributed by atoms with Crippen molar-refractivity contribution in [3.8, 4) is 11.5 Å². The minimum Gasteiger partial charge on any atom is -0.340 e. The Bertz CT molecular complexity index is 471. The molecule has 5 heteroatoms. The van der Waals surface area contributed by atoms with Crippen molar-refractivity contribution in [1.82, 2.24) is 19.9 Å². The molecular formula is C8H8N4O. The van der Waals surface area contributed by atoms with Gasteiger partial charge in [-0.3, -0.25) is 4.79 Å². The second-order valence-electron chi connectivity index (χ2n) is 2.66. The molecule has 5 nitrogen and oxygen atoms in total. The molecule has 2 rings (SSSR count). The smallest absolute Gasteiger partial charge is 0.251 e. The van der Waals surface area contributed by atoms with Crippen LogP contribution in [0.25, 0.3) is 11.5 Å². The lowest BCUT2D eigenvalue weighted by Gasteiger charge is -1.93. The van der Waals surface area contributed by atoms with Gasteiger partial charge in [0.25, 0.3) is 5.56 Å². The molecule has 0 fully saturated rings. The number of aromatic amines is 2. The molecule has 2 N–H and O–H groups in total. The van der Waals surface area contributed by atoms with Crippen LogP contribution in [0.5, 0.6) is 0 Å². The molecule has 2 heterocycles. The summed E-state index contributed by atoms with van der Waals surface area (Å²) in [7, 11) is 0. The van der Waals surface area contributed by atoms with E-state index in [1.807, 2.05) is 6.92 Å². The van der Waals surface area contributed by atoms with E-state index in [2.05, 4.69) is 19.9 Å². The molecule has 0 aliphatic carbocycles. The summed E-state index contributed by atoms with van der Waals surface area (Å²) in [4.78, 5) is 24.5. The monoisotopic (exact) mass is 176 g/mol. The van der Waals surface area contributed by atoms with Gasteiger partial charge >= 0.3 is 0 Å². The molecule has 2 aromatic heterocycles. The summed E-state index contributed by atoms with van der Waals surface area (Å²) < 4.78 is 0. The minimum absolute atomic E-state index is 0.169. The Hall–Kier alpha value is -1.91. The van der Waals surface area contributed by atoms with Gasteiger partial charge in [-0.2, -0.15) is 0 Å². The highest BCUT2D eigenvalue weighted by Crippen LogP contribution is 2.07. The average molecular weight is 176 g/mol. The van der Waals surface area contributed by atoms with Crippen LogP contribution in [0.4, 0.5) is 0 Å². The van der Waals surface area contributed by atoms with E-state index in [0.29, 0.717) is 5.82 Å². The number of aromatic nitrogens is 4. The zero-order chi connectivity index (χ0) is 9.26. The van der Waals surface area contributed by atoms with Crippen molar-refractivity contribution in [1.29, 1.82) is 0 Å². The van der Waals surface area contributed by atoms with Crippen LogP contribution in [0.1, 0.15) is 5.82 Å². The predicted octanol–water partition coefficient (Wildman–Crippen LogP) is 0.468. The molecule has 0 aliphatic heterocycles. The Morgan fingerprint density at radius 1 is 1.31 bits per heavy atom. The van der Waals surface area contributed by atoms with Gasteiger partial charge in [0, 0.05) is 12.3 Å². The number of imidazole rings is 1. The largest absolute Gasteiger partial charge is 0.340 e. The zero-order valence-corrected chi connectivity index (χ0v) is 7.03. The molecule has 0 aliphatic rings. The van der Waals surface area contributed by atoms with Crippen LogP contribution < -0.4 is 5.56 Å². The maximum absolute atomic E-state index is 10.9. The third kappa shape index (κ3) is 1.48. The maximum atomic E-state index is 10.9. The van der Waals surface area contributed by atoms with E-state index in [1.165, 1.54) is 12.3 Å². The highest BCUT2D eigenvalue weighted by Gasteiger charge is 2.01. The van der Waals surface area contributed by atoms with E-state index >= 15 is 0 Å². The van der Waals surface area contributed by atoms with Gasteiger partial charge in [0.05, 0.1) is 6.20 Å². The van der Waals surface area contributed by atoms with E-state index in [9.17, 15) is 4.79 Å². The number of H-pyrrole nitrogens is 2. The van der Waals surface area contributed by atoms with Gasteiger partial charge < -0.3 is 9.97 Å². The number of aryl methyl sites for hydroxylation is 1. The van der Waals surface area contributed by atoms with Crippen LogP contribution in [0.15, 0.2) is 23.3 Å². The molecule has 0 bridgehead atoms. The third-order valence-electron chi connectivity index (χ3n) is 1.63. The highest BCUT2D eigenvalue weighted by atomic mass is 16.1. The lowest BCUT2D eigenvalue weighted by atomic mass is 10.4. The fourth-order valence-corrected chi connectivity index (χ4v) is 1.05. The number of hydrogen-bond donors (Lipinski definition) is 2. The fraction of sp³-hybridized carbons (Fsp3) is 0.125. The van der Waals surface area contributed by atoms with Crippen molar-refractivity contribution in [2.75, 3.05) is 0 Å². The molecule has 0 amide bonds. The van der Waals surface area contributed by atoms with Gasteiger partial charge in [0.15, 0.2) is 5.82 Å². The molecule has 2 aromatic rings. The van der Waals surface area contributed by atoms with Gasteiger partial charge in [-0.1, -0.05) is 0 Å². The SMILES string of the molecule is Cc1ncc(-c2nccc(=O)[nH]2)[nH]1. The number of hydrogen-bond acceptors (Lipinski definition) is 3. The van der Waals surface area contributed by atoms with Crippen molar-refractivity contribution in [3.63, 3.8) is 0 Å². The minimum atomic E-state index is -0.169. The fourth-order valence-electron chi connectivity index (χ4n) is 1.05. The topological polar surface area (TPSA) is 74.4 Å². The Morgan fingerprint density at radius 3 is 2.77 bits per heavy atom. The average Bonchev–Trinajstić information content (AvgIpc) is 2.52. The quantitative estimate of drug-likeness (QED) is 0.663. The van der Waals surface area contributed by atoms with E-state index in [4.69, 9.17) is 0 Å². The molecule has 0 radical (unpaired) electrons. The second-order valence-corrected chi connectivity index (χ2v) is 2.66. The van der Waals surface area contributed by atoms with Crippen LogP contribution in [0, 0.1) is 6.92 Å². The van der Waals surface area contributed by atoms with E-state index in [1.54, 1.807) is 6.20 Å². The van der Waals surface area contributed by atoms with Crippen LogP contribution in [-0.4, -0.2) is 19.9 Å². The number of rotatable bonds is 1. The van der Waals surface area contributed by atoms with Crippen molar-refractivity contribution < 1.29 is 0 Å². The second kappa shape index (κ2) is 2.85. The molecule has 0 saturated carbocycles. The zero-order valence-electron chi connectivity index (χ0n) is 7.03. The van der Waals surface area contributed by atoms with Crippen LogP contribution in [0.2, 0.25) is 0 Å². The Morgan fingerprint density at radius 2 is 2.15 bits per heavy atom. The summed E-state index contributed by atoms with van der Waals surface area (Å²) >= 11 is 0. The summed E-state index contributed by atoms with van der Waals surface area (Å²) in [5.41, 5.74) is 0.549. The molecule has 0 aromatic carbocycles. The molecule has 13 heavy (non-hydrogen) atoms. The van der Waals surface area contributed by atoms with E-state index in [-0.39, 0.29) is 5.56 Å². The lowest BCUT2D eigenvalue weighted by molar-refractivity contribution is 1.10. The van der Waals surface area contributed by atoms with Gasteiger partial charge in [-0.05, 0) is 6.92 Å². The highest BCUT2D eigenvalue weighted by molar-refractivity contribution is 5.46. The Labute approximate surface area is 73.9 Å². The van der Waals surface area contributed by atoms with Gasteiger partial charge in [0.1, 0.15) is 11.5 Å². The summed E-state index contributed by atoms with van der Waals surface area (Å²) in [6.07, 6.45) is 3.10. The normalized spacial score (nSPS) is 10.2. The Balaban J connectivity index is 2.52. The van der Waals surface area contributed by atoms with Gasteiger partial charge in [-0.15, -0.1) is 0 Å². The van der Waals surface area contributed by atoms with Crippen LogP contribution in [-0.2, 0) is 0 Å². The molecule has 0 atom stereocenters. The first kappa shape index (κ1) is 7.72. The number of nitrogens with one attached hydrogen (secondary N) is 2. The van der Waals surface area contributed by atoms with Crippen molar-refractivity contribution >= 4 is 0 Å². The maximum Gasteiger partial charge on any atom is 0.251 e. The van der Waals surface area contributed by atoms with Crippen molar-refractivity contribution in [2.45, 2.75) is 6.92 Å². The molecule has 0 saturated heterocycles. The van der Waals surface area contributed by atoms with Crippen LogP contribution in [0.3, 0.4) is 0 Å². The van der Waals surface area contributed by atoms with E-state index < -0.39 is 0 Å². The summed E-state index contributed by atoms with van der Waals surface area (Å²) in [5, 5.41) is 0. The van der Waals surface area contributed by atoms with Gasteiger partial charge in [-0.25, -0.2) is 9.97 Å². The van der Waals surface area contributed by atoms with Crippen molar-refractivity contribution in [2.24, 2.45) is 0 Å². The first-order valence-corrected chi connectivity index (χ1v) is 3.83. The van der Waals surface area contributed by atoms with E-state index in [0.717, 1.165) is 11.5 Å². The number of nitrogens with zero attached hydrogens (tertiary/aromatic N) is 2. The standard InChI is InChI=1S/C8H8N4O/c1-5-10-4-6(11-5)8-9-3-2-7(13)12-8/h2-4H,1H3,(H,10,11)(H,9,12,13). The Kier molecular flexibility index (Phi) is 1.70. The predicted molar refractivity (Wildman–Crippen MR) is 47.2 cm³/mol. The molecule has 0 spiro atoms. The summed E-state index contributed by atoms with van der Waals surface area (Å²) in [6, 6.07) is 1.37. The molecule has 0 unspecified atom stereocenters. The van der Waals surface area contributed by atoms with Crippen LogP contribution >= 0.6 is 0 Å². The summed E-state index contributed by atoms with van der Waals surface area (Å²) in [5.74, 6) is 1.30. The first-order valence-electron chi connectivity index (χ1n) is 3.83. The molecular weight excluding hydrogens is 168 g/mol. The van der Waals surface area contributed by atoms with Crippen molar-refractivity contribution in [3.05, 3.63) is 34.6 Å². The van der Waals surface area contributed by atoms with Gasteiger partial charge in [0.2, 0.25) is 0 Å².